The van der Waals surface area contributed by atoms with Gasteiger partial charge in [-0.25, -0.2) is 4.39 Å². The van der Waals surface area contributed by atoms with Crippen LogP contribution in [0.1, 0.15) is 0 Å². The minimum absolute atomic E-state index is 0.221. The summed E-state index contributed by atoms with van der Waals surface area (Å²) in [4.78, 5) is 9.34. The molecule has 0 heterocycles. The third kappa shape index (κ3) is 1.28. The molecule has 10 heavy (non-hydrogen) atoms. The zero-order chi connectivity index (χ0) is 7.56. The summed E-state index contributed by atoms with van der Waals surface area (Å²) in [5.74, 6) is -0.523. The standard InChI is InChI=1S/C6H3FNO2/c7-5-1-3-6(4-2-5)8(9)10/h1-3H. The lowest BCUT2D eigenvalue weighted by molar-refractivity contribution is -0.385. The molecule has 0 aliphatic carbocycles. The Bertz CT molecular complexity index is 244. The molecule has 1 aromatic rings. The molecule has 0 saturated carbocycles. The van der Waals surface area contributed by atoms with Gasteiger partial charge in [0.05, 0.1) is 11.0 Å². The van der Waals surface area contributed by atoms with Crippen LogP contribution in [0, 0.1) is 22.0 Å². The highest BCUT2D eigenvalue weighted by atomic mass is 19.1. The summed E-state index contributed by atoms with van der Waals surface area (Å²) in [7, 11) is 0. The van der Waals surface area contributed by atoms with E-state index in [0.29, 0.717) is 0 Å². The summed E-state index contributed by atoms with van der Waals surface area (Å²) in [6.45, 7) is 0. The normalized spacial score (nSPS) is 9.30. The fraction of sp³-hybridized carbons (Fsp3) is 0. The monoisotopic (exact) mass is 140 g/mol. The van der Waals surface area contributed by atoms with Gasteiger partial charge < -0.3 is 0 Å². The minimum Gasteiger partial charge on any atom is -0.258 e. The summed E-state index contributed by atoms with van der Waals surface area (Å²) in [6, 6.07) is 5.18. The molecule has 0 unspecified atom stereocenters. The zero-order valence-electron chi connectivity index (χ0n) is 4.87. The third-order valence-electron chi connectivity index (χ3n) is 0.955. The maximum atomic E-state index is 12.1. The largest absolute Gasteiger partial charge is 0.277 e. The molecule has 0 aliphatic rings. The SMILES string of the molecule is O=[N+]([O-])c1[c]cc(F)cc1. The molecule has 0 N–H and O–H groups in total. The molecular weight excluding hydrogens is 137 g/mol. The first-order valence-electron chi connectivity index (χ1n) is 2.52. The quantitative estimate of drug-likeness (QED) is 0.438. The van der Waals surface area contributed by atoms with Crippen LogP contribution in [0.4, 0.5) is 10.1 Å². The number of benzene rings is 1. The summed E-state index contributed by atoms with van der Waals surface area (Å²) >= 11 is 0. The lowest BCUT2D eigenvalue weighted by Crippen LogP contribution is -1.86. The van der Waals surface area contributed by atoms with Gasteiger partial charge in [-0.05, 0) is 12.1 Å². The first kappa shape index (κ1) is 6.67. The molecule has 1 aromatic carbocycles. The molecule has 0 atom stereocenters. The van der Waals surface area contributed by atoms with Gasteiger partial charge in [0.2, 0.25) is 0 Å². The van der Waals surface area contributed by atoms with Crippen molar-refractivity contribution in [2.24, 2.45) is 0 Å². The van der Waals surface area contributed by atoms with Crippen LogP contribution in [0.15, 0.2) is 18.2 Å². The molecule has 3 nitrogen and oxygen atoms in total. The van der Waals surface area contributed by atoms with E-state index in [9.17, 15) is 14.5 Å². The molecule has 1 radical (unpaired) electrons. The molecule has 0 amide bonds. The van der Waals surface area contributed by atoms with E-state index in [4.69, 9.17) is 0 Å². The van der Waals surface area contributed by atoms with Crippen LogP contribution >= 0.6 is 0 Å². The van der Waals surface area contributed by atoms with Crippen molar-refractivity contribution >= 4 is 5.69 Å². The van der Waals surface area contributed by atoms with Crippen LogP contribution in [0.2, 0.25) is 0 Å². The van der Waals surface area contributed by atoms with E-state index >= 15 is 0 Å². The average molecular weight is 140 g/mol. The Morgan fingerprint density at radius 2 is 2.30 bits per heavy atom. The van der Waals surface area contributed by atoms with Crippen molar-refractivity contribution in [1.82, 2.24) is 0 Å². The maximum absolute atomic E-state index is 12.1. The van der Waals surface area contributed by atoms with Crippen molar-refractivity contribution in [1.29, 1.82) is 0 Å². The number of nitro benzene ring substituents is 1. The molecule has 51 valence electrons. The van der Waals surface area contributed by atoms with E-state index in [-0.39, 0.29) is 5.69 Å². The smallest absolute Gasteiger partial charge is 0.258 e. The van der Waals surface area contributed by atoms with Crippen LogP contribution in [0.3, 0.4) is 0 Å². The van der Waals surface area contributed by atoms with Crippen LogP contribution < -0.4 is 0 Å². The van der Waals surface area contributed by atoms with Gasteiger partial charge in [-0.3, -0.25) is 10.1 Å². The molecular formula is C6H3FNO2. The Labute approximate surface area is 56.2 Å². The van der Waals surface area contributed by atoms with E-state index < -0.39 is 10.7 Å². The average Bonchev–Trinajstić information content (AvgIpc) is 1.88. The maximum Gasteiger partial charge on any atom is 0.277 e. The van der Waals surface area contributed by atoms with E-state index in [0.717, 1.165) is 18.2 Å². The summed E-state index contributed by atoms with van der Waals surface area (Å²) in [5.41, 5.74) is -0.221. The highest BCUT2D eigenvalue weighted by molar-refractivity contribution is 5.27. The van der Waals surface area contributed by atoms with Crippen molar-refractivity contribution in [3.63, 3.8) is 0 Å². The highest BCUT2D eigenvalue weighted by Gasteiger charge is 2.02. The van der Waals surface area contributed by atoms with Crippen LogP contribution in [-0.2, 0) is 0 Å². The molecule has 1 rings (SSSR count). The molecule has 0 aromatic heterocycles. The van der Waals surface area contributed by atoms with Gasteiger partial charge in [0, 0.05) is 6.07 Å². The van der Waals surface area contributed by atoms with Gasteiger partial charge in [-0.15, -0.1) is 0 Å². The fourth-order valence-electron chi connectivity index (χ4n) is 0.511. The Morgan fingerprint density at radius 1 is 1.60 bits per heavy atom. The van der Waals surface area contributed by atoms with E-state index in [2.05, 4.69) is 6.07 Å². The van der Waals surface area contributed by atoms with Gasteiger partial charge >= 0.3 is 0 Å². The first-order valence-corrected chi connectivity index (χ1v) is 2.52. The number of non-ortho nitro benzene ring substituents is 1. The van der Waals surface area contributed by atoms with Gasteiger partial charge in [-0.1, -0.05) is 0 Å². The zero-order valence-corrected chi connectivity index (χ0v) is 4.87. The van der Waals surface area contributed by atoms with Crippen LogP contribution in [0.5, 0.6) is 0 Å². The number of halogens is 1. The van der Waals surface area contributed by atoms with Gasteiger partial charge in [-0.2, -0.15) is 0 Å². The van der Waals surface area contributed by atoms with Crippen molar-refractivity contribution in [3.8, 4) is 0 Å². The second kappa shape index (κ2) is 2.43. The first-order chi connectivity index (χ1) is 4.70. The topological polar surface area (TPSA) is 43.1 Å². The molecule has 0 saturated heterocycles. The van der Waals surface area contributed by atoms with Gasteiger partial charge in [0.1, 0.15) is 5.82 Å². The number of hydrogen-bond donors (Lipinski definition) is 0. The number of nitrogens with zero attached hydrogens (tertiary/aromatic N) is 1. The predicted octanol–water partition coefficient (Wildman–Crippen LogP) is 1.53. The molecule has 0 spiro atoms. The fourth-order valence-corrected chi connectivity index (χ4v) is 0.511. The number of hydrogen-bond acceptors (Lipinski definition) is 2. The van der Waals surface area contributed by atoms with Crippen molar-refractivity contribution in [2.75, 3.05) is 0 Å². The summed E-state index contributed by atoms with van der Waals surface area (Å²) < 4.78 is 12.1. The Kier molecular flexibility index (Phi) is 1.62. The van der Waals surface area contributed by atoms with Crippen molar-refractivity contribution in [2.45, 2.75) is 0 Å². The van der Waals surface area contributed by atoms with Crippen LogP contribution in [-0.4, -0.2) is 4.92 Å². The van der Waals surface area contributed by atoms with Crippen LogP contribution in [0.25, 0.3) is 0 Å². The van der Waals surface area contributed by atoms with E-state index in [1.165, 1.54) is 0 Å². The summed E-state index contributed by atoms with van der Waals surface area (Å²) in [6.07, 6.45) is 0. The number of rotatable bonds is 1. The van der Waals surface area contributed by atoms with Crippen molar-refractivity contribution in [3.05, 3.63) is 40.2 Å². The molecule has 0 aliphatic heterocycles. The Balaban J connectivity index is 3.00. The second-order valence-electron chi connectivity index (χ2n) is 1.65. The second-order valence-corrected chi connectivity index (χ2v) is 1.65. The van der Waals surface area contributed by atoms with Gasteiger partial charge in [0.15, 0.2) is 0 Å². The van der Waals surface area contributed by atoms with Gasteiger partial charge in [0.25, 0.3) is 5.69 Å². The van der Waals surface area contributed by atoms with E-state index in [1.54, 1.807) is 0 Å². The summed E-state index contributed by atoms with van der Waals surface area (Å²) in [5, 5.41) is 9.96. The molecule has 0 fully saturated rings. The lowest BCUT2D eigenvalue weighted by Gasteiger charge is -1.87. The van der Waals surface area contributed by atoms with E-state index in [1.807, 2.05) is 0 Å². The van der Waals surface area contributed by atoms with Crippen molar-refractivity contribution < 1.29 is 9.31 Å². The Hall–Kier alpha value is -1.45. The highest BCUT2D eigenvalue weighted by Crippen LogP contribution is 2.08. The lowest BCUT2D eigenvalue weighted by atomic mass is 10.3. The third-order valence-corrected chi connectivity index (χ3v) is 0.955. The molecule has 4 heteroatoms. The Morgan fingerprint density at radius 3 is 2.70 bits per heavy atom. The minimum atomic E-state index is -0.626. The predicted molar refractivity (Wildman–Crippen MR) is 31.9 cm³/mol. The molecule has 0 bridgehead atoms. The number of nitro groups is 1.